The summed E-state index contributed by atoms with van der Waals surface area (Å²) >= 11 is 1.66. The molecule has 0 atom stereocenters. The lowest BCUT2D eigenvalue weighted by Crippen LogP contribution is -2.43. The van der Waals surface area contributed by atoms with E-state index in [1.165, 1.54) is 16.9 Å². The number of carbonyl (C=O) groups is 1. The molecular weight excluding hydrogens is 336 g/mol. The third kappa shape index (κ3) is 3.22. The molecule has 0 radical (unpaired) electrons. The Bertz CT molecular complexity index is 849. The fourth-order valence-corrected chi connectivity index (χ4v) is 5.08. The third-order valence-corrected chi connectivity index (χ3v) is 6.60. The topological polar surface area (TPSA) is 81.2 Å². The fraction of sp³-hybridized carbons (Fsp3) is 0.611. The molecule has 2 N–H and O–H groups in total. The van der Waals surface area contributed by atoms with Crippen LogP contribution in [-0.2, 0) is 24.2 Å². The van der Waals surface area contributed by atoms with Crippen LogP contribution < -0.4 is 11.3 Å². The number of fused-ring (bicyclic) bond motifs is 3. The van der Waals surface area contributed by atoms with Crippen molar-refractivity contribution in [3.63, 3.8) is 0 Å². The summed E-state index contributed by atoms with van der Waals surface area (Å²) < 4.78 is 1.61. The number of hydrogen-bond acceptors (Lipinski definition) is 5. The Hall–Kier alpha value is -1.73. The Morgan fingerprint density at radius 1 is 1.28 bits per heavy atom. The molecular formula is C18H24N4O2S. The van der Waals surface area contributed by atoms with E-state index in [9.17, 15) is 9.59 Å². The zero-order valence-electron chi connectivity index (χ0n) is 14.4. The molecule has 4 rings (SSSR count). The molecule has 7 heteroatoms. The van der Waals surface area contributed by atoms with Gasteiger partial charge in [0.15, 0.2) is 0 Å². The maximum Gasteiger partial charge on any atom is 0.262 e. The van der Waals surface area contributed by atoms with E-state index in [2.05, 4.69) is 4.98 Å². The summed E-state index contributed by atoms with van der Waals surface area (Å²) in [7, 11) is 0. The molecule has 1 aliphatic heterocycles. The number of aryl methyl sites for hydroxylation is 3. The molecule has 1 amide bonds. The monoisotopic (exact) mass is 360 g/mol. The van der Waals surface area contributed by atoms with Gasteiger partial charge >= 0.3 is 0 Å². The molecule has 6 nitrogen and oxygen atoms in total. The Labute approximate surface area is 150 Å². The Kier molecular flexibility index (Phi) is 4.60. The van der Waals surface area contributed by atoms with Gasteiger partial charge < -0.3 is 10.6 Å². The number of piperidine rings is 1. The second-order valence-corrected chi connectivity index (χ2v) is 8.19. The minimum Gasteiger partial charge on any atom is -0.343 e. The van der Waals surface area contributed by atoms with Crippen LogP contribution in [0.5, 0.6) is 0 Å². The van der Waals surface area contributed by atoms with Gasteiger partial charge in [-0.25, -0.2) is 4.98 Å². The molecule has 0 spiro atoms. The highest BCUT2D eigenvalue weighted by Gasteiger charge is 2.22. The first-order chi connectivity index (χ1) is 12.1. The van der Waals surface area contributed by atoms with Crippen molar-refractivity contribution < 1.29 is 4.79 Å². The molecule has 3 heterocycles. The molecule has 0 saturated carbocycles. The van der Waals surface area contributed by atoms with E-state index in [1.807, 2.05) is 4.90 Å². The number of amides is 1. The minimum atomic E-state index is 0.0119. The predicted molar refractivity (Wildman–Crippen MR) is 98.9 cm³/mol. The van der Waals surface area contributed by atoms with Crippen molar-refractivity contribution in [2.45, 2.75) is 57.5 Å². The van der Waals surface area contributed by atoms with E-state index in [0.717, 1.165) is 55.4 Å². The summed E-state index contributed by atoms with van der Waals surface area (Å²) in [5.41, 5.74) is 7.10. The highest BCUT2D eigenvalue weighted by molar-refractivity contribution is 7.18. The standard InChI is InChI=1S/C18H24N4O2S/c19-12-5-8-21(9-6-12)15(23)7-10-22-11-20-17-16(18(22)24)13-3-1-2-4-14(13)25-17/h11-12H,1-10,19H2. The fourth-order valence-electron chi connectivity index (χ4n) is 3.86. The summed E-state index contributed by atoms with van der Waals surface area (Å²) in [6.07, 6.45) is 8.04. The summed E-state index contributed by atoms with van der Waals surface area (Å²) in [5.74, 6) is 0.103. The van der Waals surface area contributed by atoms with Crippen LogP contribution in [0.1, 0.15) is 42.5 Å². The van der Waals surface area contributed by atoms with Crippen molar-refractivity contribution in [3.05, 3.63) is 27.1 Å². The van der Waals surface area contributed by atoms with Gasteiger partial charge in [0, 0.05) is 37.0 Å². The van der Waals surface area contributed by atoms with Crippen molar-refractivity contribution in [1.29, 1.82) is 0 Å². The molecule has 0 unspecified atom stereocenters. The Balaban J connectivity index is 1.51. The summed E-state index contributed by atoms with van der Waals surface area (Å²) in [5, 5.41) is 0.790. The van der Waals surface area contributed by atoms with E-state index in [0.29, 0.717) is 13.0 Å². The van der Waals surface area contributed by atoms with Gasteiger partial charge in [0.05, 0.1) is 11.7 Å². The summed E-state index contributed by atoms with van der Waals surface area (Å²) in [6.45, 7) is 1.85. The maximum absolute atomic E-state index is 12.9. The van der Waals surface area contributed by atoms with Gasteiger partial charge in [0.2, 0.25) is 5.91 Å². The molecule has 0 bridgehead atoms. The van der Waals surface area contributed by atoms with Crippen LogP contribution in [-0.4, -0.2) is 39.5 Å². The molecule has 1 aliphatic carbocycles. The van der Waals surface area contributed by atoms with Crippen molar-refractivity contribution in [2.75, 3.05) is 13.1 Å². The first-order valence-electron chi connectivity index (χ1n) is 9.16. The SMILES string of the molecule is NC1CCN(C(=O)CCn2cnc3sc4c(c3c2=O)CCCC4)CC1. The van der Waals surface area contributed by atoms with Crippen LogP contribution >= 0.6 is 11.3 Å². The maximum atomic E-state index is 12.9. The Morgan fingerprint density at radius 3 is 2.84 bits per heavy atom. The molecule has 25 heavy (non-hydrogen) atoms. The van der Waals surface area contributed by atoms with Gasteiger partial charge in [-0.05, 0) is 44.1 Å². The van der Waals surface area contributed by atoms with Gasteiger partial charge in [-0.15, -0.1) is 11.3 Å². The zero-order valence-corrected chi connectivity index (χ0v) is 15.2. The van der Waals surface area contributed by atoms with E-state index < -0.39 is 0 Å². The van der Waals surface area contributed by atoms with Crippen molar-refractivity contribution in [2.24, 2.45) is 5.73 Å². The number of thiophene rings is 1. The average molecular weight is 360 g/mol. The van der Waals surface area contributed by atoms with Crippen LogP contribution in [0, 0.1) is 0 Å². The van der Waals surface area contributed by atoms with Gasteiger partial charge in [0.1, 0.15) is 4.83 Å². The second kappa shape index (κ2) is 6.88. The van der Waals surface area contributed by atoms with Crippen molar-refractivity contribution in [3.8, 4) is 0 Å². The van der Waals surface area contributed by atoms with Crippen LogP contribution in [0.2, 0.25) is 0 Å². The van der Waals surface area contributed by atoms with Gasteiger partial charge in [0.25, 0.3) is 5.56 Å². The first kappa shape index (κ1) is 16.7. The molecule has 2 aromatic heterocycles. The van der Waals surface area contributed by atoms with E-state index >= 15 is 0 Å². The normalized spacial score (nSPS) is 18.5. The number of nitrogens with zero attached hydrogens (tertiary/aromatic N) is 3. The highest BCUT2D eigenvalue weighted by atomic mass is 32.1. The number of nitrogens with two attached hydrogens (primary N) is 1. The van der Waals surface area contributed by atoms with E-state index in [1.54, 1.807) is 22.2 Å². The molecule has 1 saturated heterocycles. The lowest BCUT2D eigenvalue weighted by atomic mass is 9.97. The first-order valence-corrected chi connectivity index (χ1v) is 9.98. The molecule has 134 valence electrons. The molecule has 0 aromatic carbocycles. The van der Waals surface area contributed by atoms with E-state index in [4.69, 9.17) is 5.73 Å². The quantitative estimate of drug-likeness (QED) is 0.903. The summed E-state index contributed by atoms with van der Waals surface area (Å²) in [6, 6.07) is 0.211. The number of aromatic nitrogens is 2. The van der Waals surface area contributed by atoms with Crippen LogP contribution in [0.3, 0.4) is 0 Å². The smallest absolute Gasteiger partial charge is 0.262 e. The molecule has 2 aromatic rings. The van der Waals surface area contributed by atoms with Crippen LogP contribution in [0.4, 0.5) is 0 Å². The van der Waals surface area contributed by atoms with Crippen LogP contribution in [0.25, 0.3) is 10.2 Å². The largest absolute Gasteiger partial charge is 0.343 e. The third-order valence-electron chi connectivity index (χ3n) is 5.40. The van der Waals surface area contributed by atoms with Crippen molar-refractivity contribution >= 4 is 27.5 Å². The lowest BCUT2D eigenvalue weighted by molar-refractivity contribution is -0.132. The van der Waals surface area contributed by atoms with E-state index in [-0.39, 0.29) is 17.5 Å². The lowest BCUT2D eigenvalue weighted by Gasteiger charge is -2.30. The number of carbonyl (C=O) groups excluding carboxylic acids is 1. The van der Waals surface area contributed by atoms with Gasteiger partial charge in [-0.2, -0.15) is 0 Å². The second-order valence-electron chi connectivity index (χ2n) is 7.10. The summed E-state index contributed by atoms with van der Waals surface area (Å²) in [4.78, 5) is 33.8. The van der Waals surface area contributed by atoms with Gasteiger partial charge in [-0.1, -0.05) is 0 Å². The molecule has 2 aliphatic rings. The predicted octanol–water partition coefficient (Wildman–Crippen LogP) is 1.68. The molecule has 1 fully saturated rings. The number of rotatable bonds is 3. The van der Waals surface area contributed by atoms with Crippen LogP contribution in [0.15, 0.2) is 11.1 Å². The minimum absolute atomic E-state index is 0.0119. The number of likely N-dealkylation sites (tertiary alicyclic amines) is 1. The average Bonchev–Trinajstić information content (AvgIpc) is 3.01. The number of hydrogen-bond donors (Lipinski definition) is 1. The van der Waals surface area contributed by atoms with Gasteiger partial charge in [-0.3, -0.25) is 14.2 Å². The zero-order chi connectivity index (χ0) is 17.4. The van der Waals surface area contributed by atoms with Crippen molar-refractivity contribution in [1.82, 2.24) is 14.5 Å². The Morgan fingerprint density at radius 2 is 2.04 bits per heavy atom. The highest BCUT2D eigenvalue weighted by Crippen LogP contribution is 2.33.